The van der Waals surface area contributed by atoms with Gasteiger partial charge in [-0.05, 0) is 57.1 Å². The van der Waals surface area contributed by atoms with Gasteiger partial charge in [0.2, 0.25) is 11.8 Å². The van der Waals surface area contributed by atoms with Crippen molar-refractivity contribution in [3.05, 3.63) is 59.7 Å². The number of hydrogen-bond acceptors (Lipinski definition) is 3. The first-order valence-corrected chi connectivity index (χ1v) is 9.25. The summed E-state index contributed by atoms with van der Waals surface area (Å²) >= 11 is 0. The maximum atomic E-state index is 13.2. The highest BCUT2D eigenvalue weighted by Gasteiger charge is 2.26. The molecule has 2 amide bonds. The Morgan fingerprint density at radius 2 is 1.61 bits per heavy atom. The molecule has 0 aliphatic carbocycles. The van der Waals surface area contributed by atoms with Gasteiger partial charge in [-0.25, -0.2) is 8.78 Å². The van der Waals surface area contributed by atoms with E-state index < -0.39 is 11.6 Å². The van der Waals surface area contributed by atoms with Crippen molar-refractivity contribution >= 4 is 23.2 Å². The Labute approximate surface area is 162 Å². The number of hydrogen-bond donors (Lipinski definition) is 2. The van der Waals surface area contributed by atoms with Crippen molar-refractivity contribution in [3.8, 4) is 0 Å². The van der Waals surface area contributed by atoms with Gasteiger partial charge < -0.3 is 10.6 Å². The number of piperidine rings is 1. The van der Waals surface area contributed by atoms with E-state index in [9.17, 15) is 18.4 Å². The summed E-state index contributed by atoms with van der Waals surface area (Å²) in [5.41, 5.74) is 2.13. The van der Waals surface area contributed by atoms with Crippen molar-refractivity contribution in [3.63, 3.8) is 0 Å². The number of likely N-dealkylation sites (tertiary alicyclic amines) is 1. The molecule has 0 radical (unpaired) electrons. The summed E-state index contributed by atoms with van der Waals surface area (Å²) in [7, 11) is 0. The molecule has 0 spiro atoms. The third-order valence-electron chi connectivity index (χ3n) is 4.85. The molecule has 2 N–H and O–H groups in total. The molecule has 1 fully saturated rings. The number of halogens is 2. The van der Waals surface area contributed by atoms with Gasteiger partial charge >= 0.3 is 0 Å². The predicted molar refractivity (Wildman–Crippen MR) is 104 cm³/mol. The summed E-state index contributed by atoms with van der Waals surface area (Å²) in [4.78, 5) is 26.5. The van der Waals surface area contributed by atoms with Crippen LogP contribution < -0.4 is 10.6 Å². The normalized spacial score (nSPS) is 15.2. The fourth-order valence-corrected chi connectivity index (χ4v) is 3.21. The minimum absolute atomic E-state index is 0.0893. The van der Waals surface area contributed by atoms with Crippen LogP contribution in [0.25, 0.3) is 0 Å². The summed E-state index contributed by atoms with van der Waals surface area (Å²) < 4.78 is 26.2. The van der Waals surface area contributed by atoms with Gasteiger partial charge in [0, 0.05) is 23.4 Å². The van der Waals surface area contributed by atoms with Crippen LogP contribution >= 0.6 is 0 Å². The fourth-order valence-electron chi connectivity index (χ4n) is 3.21. The van der Waals surface area contributed by atoms with E-state index in [4.69, 9.17) is 0 Å². The van der Waals surface area contributed by atoms with E-state index in [2.05, 4.69) is 10.6 Å². The van der Waals surface area contributed by atoms with Crippen LogP contribution in [0.15, 0.2) is 42.5 Å². The Kier molecular flexibility index (Phi) is 6.36. The highest BCUT2D eigenvalue weighted by atomic mass is 19.2. The minimum Gasteiger partial charge on any atom is -0.326 e. The van der Waals surface area contributed by atoms with Crippen molar-refractivity contribution in [2.75, 3.05) is 30.3 Å². The van der Waals surface area contributed by atoms with Crippen LogP contribution in [-0.2, 0) is 9.59 Å². The van der Waals surface area contributed by atoms with Gasteiger partial charge in [0.15, 0.2) is 11.6 Å². The van der Waals surface area contributed by atoms with Crippen LogP contribution in [0, 0.1) is 24.5 Å². The van der Waals surface area contributed by atoms with E-state index in [1.165, 1.54) is 6.07 Å². The molecule has 1 heterocycles. The SMILES string of the molecule is Cc1ccc(NC(=O)CN2CCC(C(=O)Nc3ccc(F)c(F)c3)CC2)cc1. The van der Waals surface area contributed by atoms with Crippen LogP contribution in [0.5, 0.6) is 0 Å². The number of aryl methyl sites for hydroxylation is 1. The average Bonchev–Trinajstić information content (AvgIpc) is 2.67. The number of nitrogens with zero attached hydrogens (tertiary/aromatic N) is 1. The molecule has 1 aliphatic rings. The van der Waals surface area contributed by atoms with Crippen molar-refractivity contribution in [1.29, 1.82) is 0 Å². The molecule has 1 saturated heterocycles. The number of benzene rings is 2. The molecule has 2 aromatic rings. The van der Waals surface area contributed by atoms with Crippen molar-refractivity contribution < 1.29 is 18.4 Å². The maximum absolute atomic E-state index is 13.2. The largest absolute Gasteiger partial charge is 0.326 e. The quantitative estimate of drug-likeness (QED) is 0.825. The molecule has 1 aliphatic heterocycles. The molecule has 0 bridgehead atoms. The predicted octanol–water partition coefficient (Wildman–Crippen LogP) is 3.56. The smallest absolute Gasteiger partial charge is 0.238 e. The minimum atomic E-state index is -0.993. The number of anilines is 2. The van der Waals surface area contributed by atoms with E-state index in [1.807, 2.05) is 36.1 Å². The molecule has 0 saturated carbocycles. The van der Waals surface area contributed by atoms with Gasteiger partial charge in [-0.2, -0.15) is 0 Å². The molecular formula is C21H23F2N3O2. The topological polar surface area (TPSA) is 61.4 Å². The maximum Gasteiger partial charge on any atom is 0.238 e. The Morgan fingerprint density at radius 1 is 0.964 bits per heavy atom. The van der Waals surface area contributed by atoms with Gasteiger partial charge in [-0.1, -0.05) is 17.7 Å². The molecule has 0 unspecified atom stereocenters. The molecule has 3 rings (SSSR count). The summed E-state index contributed by atoms with van der Waals surface area (Å²) in [5.74, 6) is -2.46. The molecule has 7 heteroatoms. The standard InChI is InChI=1S/C21H23F2N3O2/c1-14-2-4-16(5-3-14)24-20(27)13-26-10-8-15(9-11-26)21(28)25-17-6-7-18(22)19(23)12-17/h2-7,12,15H,8-11,13H2,1H3,(H,24,27)(H,25,28). The average molecular weight is 387 g/mol. The first kappa shape index (κ1) is 19.9. The second-order valence-electron chi connectivity index (χ2n) is 7.08. The van der Waals surface area contributed by atoms with Crippen molar-refractivity contribution in [1.82, 2.24) is 4.90 Å². The zero-order chi connectivity index (χ0) is 20.1. The highest BCUT2D eigenvalue weighted by Crippen LogP contribution is 2.20. The van der Waals surface area contributed by atoms with Crippen LogP contribution in [0.1, 0.15) is 18.4 Å². The number of carbonyl (C=O) groups is 2. The van der Waals surface area contributed by atoms with Gasteiger partial charge in [0.25, 0.3) is 0 Å². The van der Waals surface area contributed by atoms with Crippen LogP contribution in [0.4, 0.5) is 20.2 Å². The zero-order valence-electron chi connectivity index (χ0n) is 15.7. The van der Waals surface area contributed by atoms with E-state index in [1.54, 1.807) is 0 Å². The summed E-state index contributed by atoms with van der Waals surface area (Å²) in [6, 6.07) is 10.9. The highest BCUT2D eigenvalue weighted by molar-refractivity contribution is 5.93. The molecule has 5 nitrogen and oxygen atoms in total. The molecular weight excluding hydrogens is 364 g/mol. The molecule has 0 aromatic heterocycles. The van der Waals surface area contributed by atoms with Crippen molar-refractivity contribution in [2.24, 2.45) is 5.92 Å². The van der Waals surface area contributed by atoms with E-state index in [-0.39, 0.29) is 30.0 Å². The summed E-state index contributed by atoms with van der Waals surface area (Å²) in [6.45, 7) is 3.50. The number of rotatable bonds is 5. The number of carbonyl (C=O) groups excluding carboxylic acids is 2. The van der Waals surface area contributed by atoms with Crippen LogP contribution in [-0.4, -0.2) is 36.3 Å². The molecule has 0 atom stereocenters. The number of amides is 2. The first-order chi connectivity index (χ1) is 13.4. The Balaban J connectivity index is 1.44. The Bertz CT molecular complexity index is 847. The summed E-state index contributed by atoms with van der Waals surface area (Å²) in [5, 5.41) is 5.50. The van der Waals surface area contributed by atoms with E-state index in [0.29, 0.717) is 25.9 Å². The lowest BCUT2D eigenvalue weighted by molar-refractivity contribution is -0.121. The van der Waals surface area contributed by atoms with Gasteiger partial charge in [0.1, 0.15) is 0 Å². The van der Waals surface area contributed by atoms with Gasteiger partial charge in [-0.15, -0.1) is 0 Å². The van der Waals surface area contributed by atoms with Crippen molar-refractivity contribution in [2.45, 2.75) is 19.8 Å². The zero-order valence-corrected chi connectivity index (χ0v) is 15.7. The molecule has 148 valence electrons. The Morgan fingerprint density at radius 3 is 2.25 bits per heavy atom. The molecule has 28 heavy (non-hydrogen) atoms. The first-order valence-electron chi connectivity index (χ1n) is 9.25. The Hall–Kier alpha value is -2.80. The monoisotopic (exact) mass is 387 g/mol. The van der Waals surface area contributed by atoms with Gasteiger partial charge in [0.05, 0.1) is 6.54 Å². The summed E-state index contributed by atoms with van der Waals surface area (Å²) in [6.07, 6.45) is 1.21. The molecule has 2 aromatic carbocycles. The lowest BCUT2D eigenvalue weighted by Crippen LogP contribution is -2.41. The van der Waals surface area contributed by atoms with Crippen LogP contribution in [0.2, 0.25) is 0 Å². The third kappa shape index (κ3) is 5.36. The lowest BCUT2D eigenvalue weighted by atomic mass is 9.96. The lowest BCUT2D eigenvalue weighted by Gasteiger charge is -2.30. The van der Waals surface area contributed by atoms with E-state index in [0.717, 1.165) is 23.4 Å². The third-order valence-corrected chi connectivity index (χ3v) is 4.85. The van der Waals surface area contributed by atoms with Gasteiger partial charge in [-0.3, -0.25) is 14.5 Å². The fraction of sp³-hybridized carbons (Fsp3) is 0.333. The van der Waals surface area contributed by atoms with E-state index >= 15 is 0 Å². The second-order valence-corrected chi connectivity index (χ2v) is 7.08. The van der Waals surface area contributed by atoms with Crippen LogP contribution in [0.3, 0.4) is 0 Å². The number of nitrogens with one attached hydrogen (secondary N) is 2. The second kappa shape index (κ2) is 8.93.